The summed E-state index contributed by atoms with van der Waals surface area (Å²) < 4.78 is 10.6. The van der Waals surface area contributed by atoms with Crippen LogP contribution in [0.2, 0.25) is 0 Å². The average Bonchev–Trinajstić information content (AvgIpc) is 2.46. The fourth-order valence-corrected chi connectivity index (χ4v) is 2.23. The molecule has 2 rings (SSSR count). The van der Waals surface area contributed by atoms with Gasteiger partial charge in [-0.25, -0.2) is 0 Å². The van der Waals surface area contributed by atoms with E-state index in [-0.39, 0.29) is 18.5 Å². The van der Waals surface area contributed by atoms with Gasteiger partial charge in [-0.15, -0.1) is 0 Å². The number of methoxy groups -OCH3 is 1. The molecule has 1 aromatic carbocycles. The predicted molar refractivity (Wildman–Crippen MR) is 73.0 cm³/mol. The van der Waals surface area contributed by atoms with E-state index in [9.17, 15) is 5.11 Å². The Bertz CT molecular complexity index is 464. The molecule has 1 unspecified atom stereocenters. The highest BCUT2D eigenvalue weighted by Gasteiger charge is 2.25. The maximum absolute atomic E-state index is 9.44. The molecule has 0 spiro atoms. The van der Waals surface area contributed by atoms with Crippen LogP contribution in [-0.2, 0) is 4.74 Å². The van der Waals surface area contributed by atoms with E-state index >= 15 is 0 Å². The van der Waals surface area contributed by atoms with Crippen LogP contribution < -0.4 is 15.4 Å². The Morgan fingerprint density at radius 2 is 2.42 bits per heavy atom. The van der Waals surface area contributed by atoms with Gasteiger partial charge in [0.15, 0.2) is 0 Å². The zero-order valence-corrected chi connectivity index (χ0v) is 10.9. The summed E-state index contributed by atoms with van der Waals surface area (Å²) in [7, 11) is 1.59. The van der Waals surface area contributed by atoms with E-state index < -0.39 is 0 Å². The third-order valence-electron chi connectivity index (χ3n) is 3.24. The van der Waals surface area contributed by atoms with Crippen molar-refractivity contribution in [3.05, 3.63) is 23.8 Å². The largest absolute Gasteiger partial charge is 0.497 e. The van der Waals surface area contributed by atoms with E-state index in [1.807, 2.05) is 11.0 Å². The molecule has 1 fully saturated rings. The summed E-state index contributed by atoms with van der Waals surface area (Å²) in [6.07, 6.45) is 0. The van der Waals surface area contributed by atoms with Crippen LogP contribution in [0.25, 0.3) is 0 Å². The maximum atomic E-state index is 9.44. The molecule has 6 nitrogen and oxygen atoms in total. The van der Waals surface area contributed by atoms with Gasteiger partial charge >= 0.3 is 0 Å². The molecule has 0 saturated carbocycles. The first kappa shape index (κ1) is 13.6. The number of nitrogen functional groups attached to an aromatic ring is 1. The Morgan fingerprint density at radius 3 is 3.05 bits per heavy atom. The number of amidine groups is 1. The van der Waals surface area contributed by atoms with E-state index in [1.165, 1.54) is 0 Å². The number of hydrogen-bond acceptors (Lipinski definition) is 5. The zero-order valence-electron chi connectivity index (χ0n) is 10.9. The zero-order chi connectivity index (χ0) is 13.8. The summed E-state index contributed by atoms with van der Waals surface area (Å²) in [6, 6.07) is 5.25. The fraction of sp³-hybridized carbons (Fsp3) is 0.462. The highest BCUT2D eigenvalue weighted by molar-refractivity contribution is 6.00. The molecule has 1 atom stereocenters. The Hall–Kier alpha value is -1.79. The first-order valence-electron chi connectivity index (χ1n) is 6.15. The van der Waals surface area contributed by atoms with E-state index in [0.29, 0.717) is 31.1 Å². The lowest BCUT2D eigenvalue weighted by atomic mass is 10.1. The standard InChI is InChI=1S/C13H19N3O3/c1-18-10-2-3-11(13(14)15)12(6-10)16-4-5-19-8-9(16)7-17/h2-3,6,9,17H,4-5,7-8H2,1H3,(H3,14,15). The van der Waals surface area contributed by atoms with Crippen molar-refractivity contribution in [2.75, 3.05) is 38.4 Å². The quantitative estimate of drug-likeness (QED) is 0.533. The number of hydrogen-bond donors (Lipinski definition) is 3. The van der Waals surface area contributed by atoms with Crippen LogP contribution in [0.15, 0.2) is 18.2 Å². The van der Waals surface area contributed by atoms with E-state index in [1.54, 1.807) is 19.2 Å². The predicted octanol–water partition coefficient (Wildman–Crippen LogP) is 0.177. The SMILES string of the molecule is COc1ccc(C(=N)N)c(N2CCOCC2CO)c1. The molecule has 1 aromatic rings. The first-order valence-corrected chi connectivity index (χ1v) is 6.15. The van der Waals surface area contributed by atoms with Gasteiger partial charge in [0.05, 0.1) is 38.7 Å². The number of anilines is 1. The van der Waals surface area contributed by atoms with Gasteiger partial charge in [-0.05, 0) is 12.1 Å². The van der Waals surface area contributed by atoms with Crippen molar-refractivity contribution < 1.29 is 14.6 Å². The first-order chi connectivity index (χ1) is 9.17. The van der Waals surface area contributed by atoms with Gasteiger partial charge in [0, 0.05) is 18.2 Å². The highest BCUT2D eigenvalue weighted by atomic mass is 16.5. The van der Waals surface area contributed by atoms with Crippen LogP contribution in [0.1, 0.15) is 5.56 Å². The second-order valence-corrected chi connectivity index (χ2v) is 4.40. The third kappa shape index (κ3) is 2.80. The topological polar surface area (TPSA) is 91.8 Å². The van der Waals surface area contributed by atoms with Crippen molar-refractivity contribution in [2.45, 2.75) is 6.04 Å². The molecule has 0 aromatic heterocycles. The minimum absolute atomic E-state index is 0.000773. The van der Waals surface area contributed by atoms with Crippen LogP contribution in [-0.4, -0.2) is 50.5 Å². The molecule has 19 heavy (non-hydrogen) atoms. The monoisotopic (exact) mass is 265 g/mol. The summed E-state index contributed by atoms with van der Waals surface area (Å²) in [4.78, 5) is 2.02. The Kier molecular flexibility index (Phi) is 4.24. The Labute approximate surface area is 112 Å². The molecule has 0 bridgehead atoms. The van der Waals surface area contributed by atoms with Crippen LogP contribution in [0, 0.1) is 5.41 Å². The normalized spacial score (nSPS) is 19.3. The van der Waals surface area contributed by atoms with E-state index in [4.69, 9.17) is 20.6 Å². The summed E-state index contributed by atoms with van der Waals surface area (Å²) in [6.45, 7) is 1.70. The van der Waals surface area contributed by atoms with E-state index in [0.717, 1.165) is 5.69 Å². The Balaban J connectivity index is 2.42. The summed E-state index contributed by atoms with van der Waals surface area (Å²) in [5, 5.41) is 17.1. The molecular weight excluding hydrogens is 246 g/mol. The number of morpholine rings is 1. The van der Waals surface area contributed by atoms with Crippen molar-refractivity contribution in [3.8, 4) is 5.75 Å². The van der Waals surface area contributed by atoms with Gasteiger partial charge in [0.1, 0.15) is 11.6 Å². The molecular formula is C13H19N3O3. The van der Waals surface area contributed by atoms with Gasteiger partial charge in [-0.2, -0.15) is 0 Å². The number of aliphatic hydroxyl groups is 1. The van der Waals surface area contributed by atoms with Crippen molar-refractivity contribution in [1.82, 2.24) is 0 Å². The molecule has 1 saturated heterocycles. The smallest absolute Gasteiger partial charge is 0.124 e. The number of benzene rings is 1. The van der Waals surface area contributed by atoms with Crippen LogP contribution >= 0.6 is 0 Å². The lowest BCUT2D eigenvalue weighted by Gasteiger charge is -2.37. The Morgan fingerprint density at radius 1 is 1.63 bits per heavy atom. The fourth-order valence-electron chi connectivity index (χ4n) is 2.23. The number of ether oxygens (including phenoxy) is 2. The molecule has 1 aliphatic heterocycles. The maximum Gasteiger partial charge on any atom is 0.124 e. The van der Waals surface area contributed by atoms with Crippen molar-refractivity contribution >= 4 is 11.5 Å². The van der Waals surface area contributed by atoms with Gasteiger partial charge < -0.3 is 25.2 Å². The minimum atomic E-state index is -0.126. The lowest BCUT2D eigenvalue weighted by Crippen LogP contribution is -2.48. The minimum Gasteiger partial charge on any atom is -0.497 e. The summed E-state index contributed by atoms with van der Waals surface area (Å²) in [5.74, 6) is 0.698. The average molecular weight is 265 g/mol. The summed E-state index contributed by atoms with van der Waals surface area (Å²) >= 11 is 0. The number of aliphatic hydroxyl groups excluding tert-OH is 1. The summed E-state index contributed by atoms with van der Waals surface area (Å²) in [5.41, 5.74) is 7.06. The number of nitrogens with two attached hydrogens (primary N) is 1. The highest BCUT2D eigenvalue weighted by Crippen LogP contribution is 2.28. The number of nitrogens with one attached hydrogen (secondary N) is 1. The van der Waals surface area contributed by atoms with Crippen molar-refractivity contribution in [1.29, 1.82) is 5.41 Å². The van der Waals surface area contributed by atoms with Gasteiger partial charge in [-0.1, -0.05) is 0 Å². The molecule has 104 valence electrons. The van der Waals surface area contributed by atoms with Crippen LogP contribution in [0.4, 0.5) is 5.69 Å². The molecule has 4 N–H and O–H groups in total. The molecule has 1 aliphatic rings. The lowest BCUT2D eigenvalue weighted by molar-refractivity contribution is 0.0727. The second-order valence-electron chi connectivity index (χ2n) is 4.40. The van der Waals surface area contributed by atoms with Crippen LogP contribution in [0.5, 0.6) is 5.75 Å². The number of nitrogens with zero attached hydrogens (tertiary/aromatic N) is 1. The van der Waals surface area contributed by atoms with Crippen LogP contribution in [0.3, 0.4) is 0 Å². The molecule has 0 amide bonds. The van der Waals surface area contributed by atoms with Gasteiger partial charge in [-0.3, -0.25) is 5.41 Å². The third-order valence-corrected chi connectivity index (χ3v) is 3.24. The van der Waals surface area contributed by atoms with Gasteiger partial charge in [0.2, 0.25) is 0 Å². The van der Waals surface area contributed by atoms with Crippen molar-refractivity contribution in [2.24, 2.45) is 5.73 Å². The van der Waals surface area contributed by atoms with Gasteiger partial charge in [0.25, 0.3) is 0 Å². The van der Waals surface area contributed by atoms with E-state index in [2.05, 4.69) is 0 Å². The molecule has 1 heterocycles. The van der Waals surface area contributed by atoms with Crippen molar-refractivity contribution in [3.63, 3.8) is 0 Å². The molecule has 0 radical (unpaired) electrons. The molecule has 6 heteroatoms. The molecule has 0 aliphatic carbocycles. The second kappa shape index (κ2) is 5.90. The number of rotatable bonds is 4.